The summed E-state index contributed by atoms with van der Waals surface area (Å²) in [6.07, 6.45) is 4.96. The molecule has 2 heterocycles. The van der Waals surface area contributed by atoms with Crippen LogP contribution in [0.2, 0.25) is 0 Å². The Bertz CT molecular complexity index is 1170. The molecule has 0 unspecified atom stereocenters. The highest BCUT2D eigenvalue weighted by Gasteiger charge is 2.34. The molecule has 0 saturated heterocycles. The van der Waals surface area contributed by atoms with E-state index in [9.17, 15) is 0 Å². The van der Waals surface area contributed by atoms with Crippen LogP contribution in [0, 0.1) is 13.8 Å². The fourth-order valence-corrected chi connectivity index (χ4v) is 5.95. The van der Waals surface area contributed by atoms with E-state index in [-0.39, 0.29) is 0 Å². The summed E-state index contributed by atoms with van der Waals surface area (Å²) in [5, 5.41) is 0. The van der Waals surface area contributed by atoms with E-state index < -0.39 is 0 Å². The third-order valence-corrected chi connectivity index (χ3v) is 7.71. The molecule has 4 nitrogen and oxygen atoms in total. The summed E-state index contributed by atoms with van der Waals surface area (Å²) in [5.41, 5.74) is 7.19. The van der Waals surface area contributed by atoms with Crippen LogP contribution in [-0.4, -0.2) is 31.9 Å². The van der Waals surface area contributed by atoms with Crippen LogP contribution in [-0.2, 0) is 26.2 Å². The predicted octanol–water partition coefficient (Wildman–Crippen LogP) is 7.11. The van der Waals surface area contributed by atoms with E-state index in [1.807, 2.05) is 0 Å². The molecule has 0 amide bonds. The van der Waals surface area contributed by atoms with Gasteiger partial charge in [-0.05, 0) is 62.1 Å². The van der Waals surface area contributed by atoms with Gasteiger partial charge in [0, 0.05) is 49.7 Å². The molecule has 0 N–H and O–H groups in total. The van der Waals surface area contributed by atoms with Crippen LogP contribution in [0.25, 0.3) is 0 Å². The van der Waals surface area contributed by atoms with Crippen molar-refractivity contribution in [1.82, 2.24) is 19.8 Å². The monoisotopic (exact) mass is 504 g/mol. The Morgan fingerprint density at radius 3 is 1.34 bits per heavy atom. The Labute approximate surface area is 228 Å². The van der Waals surface area contributed by atoms with Crippen LogP contribution in [0.3, 0.4) is 0 Å². The minimum atomic E-state index is 0.444. The fraction of sp³-hybridized carbons (Fsp3) is 0.353. The zero-order valence-corrected chi connectivity index (χ0v) is 22.8. The number of benzene rings is 2. The number of rotatable bonds is 10. The lowest BCUT2D eigenvalue weighted by Crippen LogP contribution is -2.52. The molecule has 1 aliphatic carbocycles. The van der Waals surface area contributed by atoms with Crippen LogP contribution in [0.5, 0.6) is 0 Å². The van der Waals surface area contributed by atoms with E-state index in [0.29, 0.717) is 12.1 Å². The third-order valence-electron chi connectivity index (χ3n) is 7.71. The second-order valence-corrected chi connectivity index (χ2v) is 10.7. The number of aromatic nitrogens is 2. The molecule has 0 radical (unpaired) electrons. The lowest BCUT2D eigenvalue weighted by atomic mass is 9.87. The second kappa shape index (κ2) is 12.9. The maximum atomic E-state index is 4.90. The predicted molar refractivity (Wildman–Crippen MR) is 155 cm³/mol. The zero-order valence-electron chi connectivity index (χ0n) is 22.8. The SMILES string of the molecule is Cc1cccc(CN(Cc2ccccc2)[C@@H]2CCCC[C@H]2N(Cc2ccccc2)Cc2cccc(C)n2)n1. The lowest BCUT2D eigenvalue weighted by Gasteiger charge is -2.45. The molecular weight excluding hydrogens is 464 g/mol. The molecule has 1 fully saturated rings. The fourth-order valence-electron chi connectivity index (χ4n) is 5.95. The molecule has 2 aromatic carbocycles. The van der Waals surface area contributed by atoms with Gasteiger partial charge in [0.25, 0.3) is 0 Å². The van der Waals surface area contributed by atoms with E-state index in [4.69, 9.17) is 9.97 Å². The van der Waals surface area contributed by atoms with E-state index in [2.05, 4.69) is 121 Å². The van der Waals surface area contributed by atoms with Crippen molar-refractivity contribution >= 4 is 0 Å². The van der Waals surface area contributed by atoms with Crippen LogP contribution < -0.4 is 0 Å². The molecule has 1 aliphatic rings. The second-order valence-electron chi connectivity index (χ2n) is 10.7. The van der Waals surface area contributed by atoms with Crippen molar-refractivity contribution in [3.8, 4) is 0 Å². The normalized spacial score (nSPS) is 17.7. The largest absolute Gasteiger partial charge is 0.289 e. The van der Waals surface area contributed by atoms with E-state index >= 15 is 0 Å². The highest BCUT2D eigenvalue weighted by atomic mass is 15.3. The highest BCUT2D eigenvalue weighted by Crippen LogP contribution is 2.31. The minimum Gasteiger partial charge on any atom is -0.289 e. The number of aryl methyl sites for hydroxylation is 2. The Morgan fingerprint density at radius 2 is 0.947 bits per heavy atom. The zero-order chi connectivity index (χ0) is 26.2. The summed E-state index contributed by atoms with van der Waals surface area (Å²) in [6, 6.07) is 35.6. The Balaban J connectivity index is 1.47. The van der Waals surface area contributed by atoms with Crippen molar-refractivity contribution in [3.63, 3.8) is 0 Å². The molecule has 0 bridgehead atoms. The molecule has 196 valence electrons. The van der Waals surface area contributed by atoms with Gasteiger partial charge >= 0.3 is 0 Å². The summed E-state index contributed by atoms with van der Waals surface area (Å²) < 4.78 is 0. The van der Waals surface area contributed by atoms with Crippen LogP contribution in [0.15, 0.2) is 97.1 Å². The summed E-state index contributed by atoms with van der Waals surface area (Å²) in [5.74, 6) is 0. The molecule has 4 heteroatoms. The van der Waals surface area contributed by atoms with Gasteiger partial charge in [0.15, 0.2) is 0 Å². The first-order valence-corrected chi connectivity index (χ1v) is 14.0. The Kier molecular flexibility index (Phi) is 8.95. The average molecular weight is 505 g/mol. The minimum absolute atomic E-state index is 0.444. The highest BCUT2D eigenvalue weighted by molar-refractivity contribution is 5.18. The van der Waals surface area contributed by atoms with Crippen molar-refractivity contribution in [1.29, 1.82) is 0 Å². The Hall–Kier alpha value is -3.34. The molecule has 2 atom stereocenters. The summed E-state index contributed by atoms with van der Waals surface area (Å²) in [6.45, 7) is 7.76. The molecule has 38 heavy (non-hydrogen) atoms. The topological polar surface area (TPSA) is 32.3 Å². The van der Waals surface area contributed by atoms with Crippen molar-refractivity contribution in [2.45, 2.75) is 77.8 Å². The van der Waals surface area contributed by atoms with Gasteiger partial charge in [0.05, 0.1) is 11.4 Å². The van der Waals surface area contributed by atoms with Crippen LogP contribution >= 0.6 is 0 Å². The maximum absolute atomic E-state index is 4.90. The number of nitrogens with zero attached hydrogens (tertiary/aromatic N) is 4. The smallest absolute Gasteiger partial charge is 0.0547 e. The van der Waals surface area contributed by atoms with E-state index in [0.717, 1.165) is 49.0 Å². The van der Waals surface area contributed by atoms with Gasteiger partial charge in [0.2, 0.25) is 0 Å². The van der Waals surface area contributed by atoms with Gasteiger partial charge in [-0.2, -0.15) is 0 Å². The van der Waals surface area contributed by atoms with E-state index in [1.54, 1.807) is 0 Å². The maximum Gasteiger partial charge on any atom is 0.0547 e. The average Bonchev–Trinajstić information content (AvgIpc) is 2.94. The van der Waals surface area contributed by atoms with Gasteiger partial charge in [0.1, 0.15) is 0 Å². The van der Waals surface area contributed by atoms with Gasteiger partial charge in [-0.25, -0.2) is 0 Å². The first-order valence-electron chi connectivity index (χ1n) is 14.0. The molecule has 0 aliphatic heterocycles. The summed E-state index contributed by atoms with van der Waals surface area (Å²) >= 11 is 0. The molecular formula is C34H40N4. The number of pyridine rings is 2. The quantitative estimate of drug-likeness (QED) is 0.230. The van der Waals surface area contributed by atoms with E-state index in [1.165, 1.54) is 36.8 Å². The van der Waals surface area contributed by atoms with Gasteiger partial charge < -0.3 is 0 Å². The number of hydrogen-bond acceptors (Lipinski definition) is 4. The lowest BCUT2D eigenvalue weighted by molar-refractivity contribution is 0.0284. The van der Waals surface area contributed by atoms with Gasteiger partial charge in [-0.3, -0.25) is 19.8 Å². The summed E-state index contributed by atoms with van der Waals surface area (Å²) in [7, 11) is 0. The molecule has 0 spiro atoms. The van der Waals surface area contributed by atoms with Gasteiger partial charge in [-0.1, -0.05) is 85.6 Å². The summed E-state index contributed by atoms with van der Waals surface area (Å²) in [4.78, 5) is 15.2. The molecule has 5 rings (SSSR count). The third kappa shape index (κ3) is 7.15. The molecule has 1 saturated carbocycles. The number of hydrogen-bond donors (Lipinski definition) is 0. The van der Waals surface area contributed by atoms with Crippen LogP contribution in [0.4, 0.5) is 0 Å². The van der Waals surface area contributed by atoms with Crippen LogP contribution in [0.1, 0.15) is 59.6 Å². The Morgan fingerprint density at radius 1 is 0.526 bits per heavy atom. The van der Waals surface area contributed by atoms with Crippen molar-refractivity contribution < 1.29 is 0 Å². The standard InChI is InChI=1S/C34H40N4/c1-27-13-11-19-31(35-27)25-37(23-29-15-5-3-6-16-29)33-21-9-10-22-34(33)38(24-30-17-7-4-8-18-30)26-32-20-12-14-28(2)36-32/h3-8,11-20,33-34H,9-10,21-26H2,1-2H3/t33-,34-/m1/s1. The molecule has 4 aromatic rings. The first kappa shape index (κ1) is 26.3. The molecule has 2 aromatic heterocycles. The van der Waals surface area contributed by atoms with Crippen molar-refractivity contribution in [3.05, 3.63) is 131 Å². The van der Waals surface area contributed by atoms with Gasteiger partial charge in [-0.15, -0.1) is 0 Å². The van der Waals surface area contributed by atoms with Crippen molar-refractivity contribution in [2.75, 3.05) is 0 Å². The first-order chi connectivity index (χ1) is 18.6. The van der Waals surface area contributed by atoms with Crippen molar-refractivity contribution in [2.24, 2.45) is 0 Å².